The van der Waals surface area contributed by atoms with Crippen molar-refractivity contribution in [2.24, 2.45) is 0 Å². The number of carbonyl (C=O) groups is 1. The van der Waals surface area contributed by atoms with Gasteiger partial charge in [-0.3, -0.25) is 0 Å². The smallest absolute Gasteiger partial charge is 0.348 e. The zero-order valence-corrected chi connectivity index (χ0v) is 16.3. The number of aryl methyl sites for hydroxylation is 2. The molecule has 0 saturated carbocycles. The summed E-state index contributed by atoms with van der Waals surface area (Å²) in [6, 6.07) is 15.9. The van der Waals surface area contributed by atoms with E-state index in [1.54, 1.807) is 50.2 Å². The van der Waals surface area contributed by atoms with Gasteiger partial charge in [-0.15, -0.1) is 0 Å². The van der Waals surface area contributed by atoms with E-state index in [4.69, 9.17) is 9.47 Å². The third kappa shape index (κ3) is 4.09. The van der Waals surface area contributed by atoms with Crippen molar-refractivity contribution in [1.82, 2.24) is 9.97 Å². The molecular formula is C22H21FN2O4. The number of methoxy groups -OCH3 is 1. The molecule has 0 radical (unpaired) electrons. The highest BCUT2D eigenvalue weighted by molar-refractivity contribution is 5.76. The first kappa shape index (κ1) is 20.4. The summed E-state index contributed by atoms with van der Waals surface area (Å²) in [6.45, 7) is 3.52. The minimum Gasteiger partial charge on any atom is -0.478 e. The van der Waals surface area contributed by atoms with Crippen LogP contribution < -0.4 is 4.74 Å². The standard InChI is InChI=1S/C22H21FN2O4/c1-14-13-15(2)25-21(24-14)29-19(20(26)27)22(28-3,16-7-5-4-6-8-16)17-9-11-18(23)12-10-17/h4-13,19H,1-3H3,(H,26,27)/t19-,22-/m0/s1. The summed E-state index contributed by atoms with van der Waals surface area (Å²) in [6.07, 6.45) is -1.54. The molecule has 0 spiro atoms. The molecule has 29 heavy (non-hydrogen) atoms. The summed E-state index contributed by atoms with van der Waals surface area (Å²) < 4.78 is 25.2. The van der Waals surface area contributed by atoms with E-state index in [-0.39, 0.29) is 6.01 Å². The lowest BCUT2D eigenvalue weighted by Gasteiger charge is -2.37. The van der Waals surface area contributed by atoms with Crippen molar-refractivity contribution >= 4 is 5.97 Å². The molecule has 3 aromatic rings. The average Bonchev–Trinajstić information content (AvgIpc) is 2.69. The van der Waals surface area contributed by atoms with E-state index in [2.05, 4.69) is 9.97 Å². The van der Waals surface area contributed by atoms with Gasteiger partial charge in [0.25, 0.3) is 0 Å². The van der Waals surface area contributed by atoms with Gasteiger partial charge in [0.2, 0.25) is 6.10 Å². The second kappa shape index (κ2) is 8.36. The van der Waals surface area contributed by atoms with E-state index in [1.165, 1.54) is 31.4 Å². The van der Waals surface area contributed by atoms with Crippen LogP contribution in [0.2, 0.25) is 0 Å². The van der Waals surface area contributed by atoms with Gasteiger partial charge in [-0.25, -0.2) is 19.2 Å². The number of hydrogen-bond acceptors (Lipinski definition) is 5. The molecule has 0 aliphatic carbocycles. The van der Waals surface area contributed by atoms with Crippen molar-refractivity contribution < 1.29 is 23.8 Å². The van der Waals surface area contributed by atoms with E-state index >= 15 is 0 Å². The molecule has 0 aliphatic rings. The number of hydrogen-bond donors (Lipinski definition) is 1. The van der Waals surface area contributed by atoms with Crippen LogP contribution in [-0.2, 0) is 15.1 Å². The van der Waals surface area contributed by atoms with Crippen LogP contribution in [0.15, 0.2) is 60.7 Å². The number of rotatable bonds is 7. The third-order valence-electron chi connectivity index (χ3n) is 4.58. The number of aliphatic carboxylic acids is 1. The molecule has 0 fully saturated rings. The molecule has 0 aliphatic heterocycles. The molecule has 2 aromatic carbocycles. The molecule has 0 bridgehead atoms. The van der Waals surface area contributed by atoms with E-state index in [0.29, 0.717) is 22.5 Å². The van der Waals surface area contributed by atoms with E-state index in [0.717, 1.165) is 0 Å². The lowest BCUT2D eigenvalue weighted by Crippen LogP contribution is -2.50. The molecular weight excluding hydrogens is 375 g/mol. The Labute approximate surface area is 168 Å². The van der Waals surface area contributed by atoms with Gasteiger partial charge in [-0.05, 0) is 43.2 Å². The molecule has 6 nitrogen and oxygen atoms in total. The van der Waals surface area contributed by atoms with E-state index in [9.17, 15) is 14.3 Å². The quantitative estimate of drug-likeness (QED) is 0.656. The lowest BCUT2D eigenvalue weighted by molar-refractivity contribution is -0.160. The number of benzene rings is 2. The second-order valence-electron chi connectivity index (χ2n) is 6.58. The molecule has 1 heterocycles. The van der Waals surface area contributed by atoms with Gasteiger partial charge in [0, 0.05) is 18.5 Å². The predicted octanol–water partition coefficient (Wildman–Crippen LogP) is 3.65. The lowest BCUT2D eigenvalue weighted by atomic mass is 9.81. The first-order chi connectivity index (χ1) is 13.9. The summed E-state index contributed by atoms with van der Waals surface area (Å²) in [4.78, 5) is 20.7. The molecule has 0 unspecified atom stereocenters. The Bertz CT molecular complexity index is 975. The van der Waals surface area contributed by atoms with Crippen molar-refractivity contribution in [1.29, 1.82) is 0 Å². The Morgan fingerprint density at radius 1 is 1.00 bits per heavy atom. The Morgan fingerprint density at radius 3 is 2.07 bits per heavy atom. The van der Waals surface area contributed by atoms with E-state index in [1.807, 2.05) is 0 Å². The Kier molecular flexibility index (Phi) is 5.89. The van der Waals surface area contributed by atoms with Gasteiger partial charge in [-0.1, -0.05) is 42.5 Å². The highest BCUT2D eigenvalue weighted by Crippen LogP contribution is 2.38. The van der Waals surface area contributed by atoms with Crippen LogP contribution in [0.5, 0.6) is 6.01 Å². The number of ether oxygens (including phenoxy) is 2. The maximum absolute atomic E-state index is 13.6. The molecule has 0 amide bonds. The highest BCUT2D eigenvalue weighted by atomic mass is 19.1. The number of aromatic nitrogens is 2. The largest absolute Gasteiger partial charge is 0.478 e. The third-order valence-corrected chi connectivity index (χ3v) is 4.58. The first-order valence-corrected chi connectivity index (χ1v) is 8.95. The summed E-state index contributed by atoms with van der Waals surface area (Å²) in [5, 5.41) is 10.1. The van der Waals surface area contributed by atoms with Crippen LogP contribution in [0.3, 0.4) is 0 Å². The maximum atomic E-state index is 13.6. The fourth-order valence-corrected chi connectivity index (χ4v) is 3.35. The van der Waals surface area contributed by atoms with Crippen molar-refractivity contribution in [2.75, 3.05) is 7.11 Å². The number of carboxylic acids is 1. The maximum Gasteiger partial charge on any atom is 0.348 e. The van der Waals surface area contributed by atoms with Crippen LogP contribution in [-0.4, -0.2) is 34.3 Å². The predicted molar refractivity (Wildman–Crippen MR) is 104 cm³/mol. The van der Waals surface area contributed by atoms with Gasteiger partial charge in [0.1, 0.15) is 5.82 Å². The molecule has 3 rings (SSSR count). The summed E-state index contributed by atoms with van der Waals surface area (Å²) in [5.41, 5.74) is 0.666. The van der Waals surface area contributed by atoms with Crippen molar-refractivity contribution in [2.45, 2.75) is 25.6 Å². The van der Waals surface area contributed by atoms with E-state index < -0.39 is 23.5 Å². The van der Waals surface area contributed by atoms with Crippen LogP contribution in [0.1, 0.15) is 22.5 Å². The minimum atomic E-state index is -1.57. The monoisotopic (exact) mass is 396 g/mol. The van der Waals surface area contributed by atoms with Gasteiger partial charge in [-0.2, -0.15) is 0 Å². The van der Waals surface area contributed by atoms with Gasteiger partial charge < -0.3 is 14.6 Å². The van der Waals surface area contributed by atoms with Crippen LogP contribution >= 0.6 is 0 Å². The van der Waals surface area contributed by atoms with Gasteiger partial charge >= 0.3 is 12.0 Å². The Balaban J connectivity index is 2.21. The molecule has 2 atom stereocenters. The second-order valence-corrected chi connectivity index (χ2v) is 6.58. The van der Waals surface area contributed by atoms with Crippen LogP contribution in [0, 0.1) is 19.7 Å². The number of carboxylic acid groups (broad SMARTS) is 1. The zero-order chi connectivity index (χ0) is 21.0. The molecule has 1 aromatic heterocycles. The van der Waals surface area contributed by atoms with Crippen molar-refractivity contribution in [3.63, 3.8) is 0 Å². The topological polar surface area (TPSA) is 81.5 Å². The van der Waals surface area contributed by atoms with Gasteiger partial charge in [0.15, 0.2) is 5.60 Å². The molecule has 7 heteroatoms. The number of halogens is 1. The molecule has 0 saturated heterocycles. The fourth-order valence-electron chi connectivity index (χ4n) is 3.35. The SMILES string of the molecule is CO[C@@](c1ccccc1)(c1ccc(F)cc1)[C@@H](Oc1nc(C)cc(C)n1)C(=O)O. The van der Waals surface area contributed by atoms with Crippen LogP contribution in [0.25, 0.3) is 0 Å². The first-order valence-electron chi connectivity index (χ1n) is 8.95. The Morgan fingerprint density at radius 2 is 1.55 bits per heavy atom. The number of nitrogens with zero attached hydrogens (tertiary/aromatic N) is 2. The fraction of sp³-hybridized carbons (Fsp3) is 0.227. The van der Waals surface area contributed by atoms with Crippen LogP contribution in [0.4, 0.5) is 4.39 Å². The van der Waals surface area contributed by atoms with Crippen molar-refractivity contribution in [3.05, 3.63) is 89.0 Å². The highest BCUT2D eigenvalue weighted by Gasteiger charge is 2.49. The average molecular weight is 396 g/mol. The summed E-state index contributed by atoms with van der Waals surface area (Å²) >= 11 is 0. The van der Waals surface area contributed by atoms with Gasteiger partial charge in [0.05, 0.1) is 0 Å². The normalized spacial score (nSPS) is 14.1. The molecule has 150 valence electrons. The zero-order valence-electron chi connectivity index (χ0n) is 16.3. The Hall–Kier alpha value is -3.32. The minimum absolute atomic E-state index is 0.0747. The molecule has 1 N–H and O–H groups in total. The van der Waals surface area contributed by atoms with Crippen molar-refractivity contribution in [3.8, 4) is 6.01 Å². The summed E-state index contributed by atoms with van der Waals surface area (Å²) in [7, 11) is 1.39. The summed E-state index contributed by atoms with van der Waals surface area (Å²) in [5.74, 6) is -1.72.